The summed E-state index contributed by atoms with van der Waals surface area (Å²) < 4.78 is 16.8. The number of rotatable bonds is 2. The quantitative estimate of drug-likeness (QED) is 0.542. The number of fused-ring (bicyclic) bond motifs is 3. The van der Waals surface area contributed by atoms with Crippen molar-refractivity contribution in [1.29, 1.82) is 0 Å². The molecule has 0 amide bonds. The monoisotopic (exact) mass is 488 g/mol. The standard InChI is InChI=1S/C27H36O8/c1-13(28)35-18-10-21(31)27-12-34-24(32)22(18)16(27)9-20(30)26(3)19(27)4-6-25(2)15(8-17(29)23(25)26)14-5-7-33-11-14/h5,7,11,15-16,18-24,30-32H,4,6,8-10,12H2,1-3H3/t15-,16-,18+,19-,20+,21-,22-,23?,24?,25-,26-,27-/m0/s1. The second-order valence-electron chi connectivity index (χ2n) is 12.3. The zero-order valence-electron chi connectivity index (χ0n) is 20.6. The molecule has 0 spiro atoms. The Labute approximate surface area is 205 Å². The fraction of sp³-hybridized carbons (Fsp3) is 0.778. The van der Waals surface area contributed by atoms with Crippen molar-refractivity contribution in [2.45, 2.75) is 83.4 Å². The van der Waals surface area contributed by atoms with Crippen molar-refractivity contribution in [3.8, 4) is 0 Å². The Bertz CT molecular complexity index is 1020. The normalized spacial score (nSPS) is 52.9. The van der Waals surface area contributed by atoms with Crippen molar-refractivity contribution >= 4 is 11.8 Å². The van der Waals surface area contributed by atoms with Crippen LogP contribution in [0.25, 0.3) is 0 Å². The Morgan fingerprint density at radius 2 is 1.94 bits per heavy atom. The minimum atomic E-state index is -1.13. The molecule has 1 aromatic heterocycles. The average Bonchev–Trinajstić information content (AvgIpc) is 3.39. The molecule has 6 rings (SSSR count). The molecular formula is C27H36O8. The molecule has 1 aromatic rings. The SMILES string of the molecule is CC(=O)O[C@@H]1C[C@H](O)[C@@]23COC(O)[C@H]1[C@@H]2C[C@@H](O)[C@@]1(C)C2C(=O)C[C@@H](c4ccoc4)[C@]2(C)CC[C@@H]13. The molecule has 4 aliphatic carbocycles. The second kappa shape index (κ2) is 7.63. The first-order chi connectivity index (χ1) is 16.5. The number of furan rings is 1. The van der Waals surface area contributed by atoms with Gasteiger partial charge in [0.05, 0.1) is 37.3 Å². The van der Waals surface area contributed by atoms with Crippen LogP contribution in [0.4, 0.5) is 0 Å². The van der Waals surface area contributed by atoms with Gasteiger partial charge >= 0.3 is 5.97 Å². The van der Waals surface area contributed by atoms with Crippen molar-refractivity contribution in [3.63, 3.8) is 0 Å². The molecule has 5 aliphatic rings. The highest BCUT2D eigenvalue weighted by Crippen LogP contribution is 2.74. The van der Waals surface area contributed by atoms with Crippen LogP contribution < -0.4 is 0 Å². The van der Waals surface area contributed by atoms with Gasteiger partial charge in [-0.2, -0.15) is 0 Å². The summed E-state index contributed by atoms with van der Waals surface area (Å²) >= 11 is 0. The highest BCUT2D eigenvalue weighted by Gasteiger charge is 2.75. The van der Waals surface area contributed by atoms with Crippen molar-refractivity contribution in [3.05, 3.63) is 24.2 Å². The van der Waals surface area contributed by atoms with Gasteiger partial charge in [-0.05, 0) is 54.1 Å². The van der Waals surface area contributed by atoms with E-state index in [9.17, 15) is 24.9 Å². The maximum absolute atomic E-state index is 13.7. The van der Waals surface area contributed by atoms with Gasteiger partial charge in [-0.3, -0.25) is 9.59 Å². The van der Waals surface area contributed by atoms with Crippen molar-refractivity contribution < 1.29 is 38.8 Å². The maximum Gasteiger partial charge on any atom is 0.302 e. The largest absolute Gasteiger partial charge is 0.472 e. The van der Waals surface area contributed by atoms with Crippen molar-refractivity contribution in [2.75, 3.05) is 6.61 Å². The summed E-state index contributed by atoms with van der Waals surface area (Å²) in [5, 5.41) is 34.3. The third-order valence-corrected chi connectivity index (χ3v) is 11.1. The lowest BCUT2D eigenvalue weighted by atomic mass is 9.36. The molecule has 2 heterocycles. The van der Waals surface area contributed by atoms with Gasteiger partial charge in [0.2, 0.25) is 0 Å². The summed E-state index contributed by atoms with van der Waals surface area (Å²) in [6.45, 7) is 5.70. The van der Waals surface area contributed by atoms with Gasteiger partial charge in [0.25, 0.3) is 0 Å². The van der Waals surface area contributed by atoms with Crippen LogP contribution in [0.3, 0.4) is 0 Å². The van der Waals surface area contributed by atoms with E-state index in [0.29, 0.717) is 12.8 Å². The maximum atomic E-state index is 13.7. The molecule has 1 saturated heterocycles. The second-order valence-corrected chi connectivity index (χ2v) is 12.3. The Kier molecular flexibility index (Phi) is 5.16. The predicted octanol–water partition coefficient (Wildman–Crippen LogP) is 2.40. The lowest BCUT2D eigenvalue weighted by molar-refractivity contribution is -0.347. The van der Waals surface area contributed by atoms with E-state index in [2.05, 4.69) is 6.92 Å². The van der Waals surface area contributed by atoms with Crippen LogP contribution in [0.15, 0.2) is 23.0 Å². The number of ether oxygens (including phenoxy) is 2. The Morgan fingerprint density at radius 1 is 1.17 bits per heavy atom. The van der Waals surface area contributed by atoms with Crippen molar-refractivity contribution in [1.82, 2.24) is 0 Å². The van der Waals surface area contributed by atoms with Crippen LogP contribution >= 0.6 is 0 Å². The molecule has 12 atom stereocenters. The van der Waals surface area contributed by atoms with Gasteiger partial charge in [-0.15, -0.1) is 0 Å². The fourth-order valence-electron chi connectivity index (χ4n) is 9.90. The molecule has 35 heavy (non-hydrogen) atoms. The van der Waals surface area contributed by atoms with E-state index < -0.39 is 47.3 Å². The molecule has 2 bridgehead atoms. The third-order valence-electron chi connectivity index (χ3n) is 11.1. The molecule has 0 radical (unpaired) electrons. The van der Waals surface area contributed by atoms with Crippen LogP contribution in [0.5, 0.6) is 0 Å². The number of ketones is 1. The number of hydrogen-bond donors (Lipinski definition) is 3. The molecule has 0 aromatic carbocycles. The van der Waals surface area contributed by atoms with Crippen LogP contribution in [-0.2, 0) is 19.1 Å². The average molecular weight is 489 g/mol. The molecule has 1 aliphatic heterocycles. The molecule has 192 valence electrons. The molecule has 8 heteroatoms. The zero-order valence-corrected chi connectivity index (χ0v) is 20.6. The molecular weight excluding hydrogens is 452 g/mol. The smallest absolute Gasteiger partial charge is 0.302 e. The summed E-state index contributed by atoms with van der Waals surface area (Å²) in [5.41, 5.74) is -0.766. The van der Waals surface area contributed by atoms with Crippen LogP contribution in [0, 0.1) is 39.9 Å². The van der Waals surface area contributed by atoms with E-state index in [-0.39, 0.29) is 47.9 Å². The van der Waals surface area contributed by atoms with E-state index in [4.69, 9.17) is 13.9 Å². The Balaban J connectivity index is 1.43. The molecule has 4 saturated carbocycles. The van der Waals surface area contributed by atoms with Crippen LogP contribution in [0.2, 0.25) is 0 Å². The minimum Gasteiger partial charge on any atom is -0.472 e. The summed E-state index contributed by atoms with van der Waals surface area (Å²) in [7, 11) is 0. The van der Waals surface area contributed by atoms with Crippen LogP contribution in [0.1, 0.15) is 64.4 Å². The highest BCUT2D eigenvalue weighted by molar-refractivity contribution is 5.87. The van der Waals surface area contributed by atoms with Gasteiger partial charge in [0.15, 0.2) is 6.29 Å². The Hall–Kier alpha value is -1.74. The van der Waals surface area contributed by atoms with Gasteiger partial charge in [-0.1, -0.05) is 13.8 Å². The van der Waals surface area contributed by atoms with Crippen LogP contribution in [-0.4, -0.2) is 58.3 Å². The van der Waals surface area contributed by atoms with E-state index in [0.717, 1.165) is 18.4 Å². The zero-order chi connectivity index (χ0) is 24.9. The van der Waals surface area contributed by atoms with E-state index >= 15 is 0 Å². The number of carbonyl (C=O) groups excluding carboxylic acids is 2. The van der Waals surface area contributed by atoms with Crippen molar-refractivity contribution in [2.24, 2.45) is 39.9 Å². The number of carbonyl (C=O) groups is 2. The first kappa shape index (κ1) is 23.6. The van der Waals surface area contributed by atoms with E-state index in [1.807, 2.05) is 13.0 Å². The Morgan fingerprint density at radius 3 is 2.63 bits per heavy atom. The summed E-state index contributed by atoms with van der Waals surface area (Å²) in [4.78, 5) is 25.5. The summed E-state index contributed by atoms with van der Waals surface area (Å²) in [5.74, 6) is -1.61. The highest BCUT2D eigenvalue weighted by atomic mass is 16.6. The lowest BCUT2D eigenvalue weighted by Crippen LogP contribution is -2.74. The number of aliphatic hydroxyl groups excluding tert-OH is 3. The number of esters is 1. The lowest BCUT2D eigenvalue weighted by Gasteiger charge is -2.70. The van der Waals surface area contributed by atoms with Gasteiger partial charge in [0.1, 0.15) is 11.9 Å². The first-order valence-corrected chi connectivity index (χ1v) is 12.9. The first-order valence-electron chi connectivity index (χ1n) is 12.9. The third kappa shape index (κ3) is 2.88. The number of aliphatic hydroxyl groups is 3. The van der Waals surface area contributed by atoms with Gasteiger partial charge in [-0.25, -0.2) is 0 Å². The predicted molar refractivity (Wildman–Crippen MR) is 122 cm³/mol. The van der Waals surface area contributed by atoms with E-state index in [1.165, 1.54) is 6.92 Å². The topological polar surface area (TPSA) is 126 Å². The summed E-state index contributed by atoms with van der Waals surface area (Å²) in [6.07, 6.45) is 2.42. The van der Waals surface area contributed by atoms with Gasteiger partial charge in [0, 0.05) is 36.5 Å². The van der Waals surface area contributed by atoms with Gasteiger partial charge < -0.3 is 29.2 Å². The fourth-order valence-corrected chi connectivity index (χ4v) is 9.90. The van der Waals surface area contributed by atoms with E-state index in [1.54, 1.807) is 12.5 Å². The number of Topliss-reactive ketones (excluding diaryl/α,β-unsaturated/α-hetero) is 1. The molecule has 8 nitrogen and oxygen atoms in total. The minimum absolute atomic E-state index is 0.0285. The summed E-state index contributed by atoms with van der Waals surface area (Å²) in [6, 6.07) is 1.94. The number of hydrogen-bond acceptors (Lipinski definition) is 8. The molecule has 2 unspecified atom stereocenters. The molecule has 5 fully saturated rings. The molecule has 3 N–H and O–H groups in total.